The molecule has 0 aliphatic rings. The van der Waals surface area contributed by atoms with Gasteiger partial charge in [0.05, 0.1) is 0 Å². The molecule has 0 heterocycles. The van der Waals surface area contributed by atoms with Gasteiger partial charge in [-0.1, -0.05) is 65.3 Å². The quantitative estimate of drug-likeness (QED) is 0.478. The Morgan fingerprint density at radius 1 is 0.947 bits per heavy atom. The van der Waals surface area contributed by atoms with Crippen molar-refractivity contribution in [2.75, 3.05) is 0 Å². The fraction of sp³-hybridized carbons (Fsp3) is 0.125. The molecule has 3 heteroatoms. The van der Waals surface area contributed by atoms with Crippen molar-refractivity contribution < 1.29 is 9.63 Å². The fourth-order valence-corrected chi connectivity index (χ4v) is 1.69. The molecule has 0 aromatic heterocycles. The third-order valence-electron chi connectivity index (χ3n) is 2.64. The number of benzene rings is 2. The van der Waals surface area contributed by atoms with Gasteiger partial charge in [-0.3, -0.25) is 0 Å². The summed E-state index contributed by atoms with van der Waals surface area (Å²) in [6, 6.07) is 17.6. The van der Waals surface area contributed by atoms with Crippen molar-refractivity contribution in [2.45, 2.75) is 13.8 Å². The molecule has 0 bridgehead atoms. The summed E-state index contributed by atoms with van der Waals surface area (Å²) < 4.78 is 0. The van der Waals surface area contributed by atoms with Crippen LogP contribution >= 0.6 is 0 Å². The third kappa shape index (κ3) is 3.52. The lowest BCUT2D eigenvalue weighted by Gasteiger charge is -2.06. The molecule has 2 aromatic carbocycles. The SMILES string of the molecule is CC(=O)ON=C(c1ccccc1)c1ccc(C)cc1. The number of carbonyl (C=O) groups excluding carboxylic acids is 1. The van der Waals surface area contributed by atoms with Gasteiger partial charge in [0.1, 0.15) is 5.71 Å². The first kappa shape index (κ1) is 13.0. The molecule has 0 spiro atoms. The van der Waals surface area contributed by atoms with E-state index < -0.39 is 5.97 Å². The maximum atomic E-state index is 10.9. The van der Waals surface area contributed by atoms with Crippen molar-refractivity contribution in [3.05, 3.63) is 71.3 Å². The van der Waals surface area contributed by atoms with Crippen molar-refractivity contribution in [2.24, 2.45) is 5.16 Å². The average molecular weight is 253 g/mol. The molecule has 0 N–H and O–H groups in total. The molecule has 19 heavy (non-hydrogen) atoms. The van der Waals surface area contributed by atoms with E-state index in [2.05, 4.69) is 5.16 Å². The number of aryl methyl sites for hydroxylation is 1. The van der Waals surface area contributed by atoms with Crippen LogP contribution in [0.4, 0.5) is 0 Å². The Hall–Kier alpha value is -2.42. The fourth-order valence-electron chi connectivity index (χ4n) is 1.69. The van der Waals surface area contributed by atoms with Gasteiger partial charge in [-0.2, -0.15) is 0 Å². The zero-order valence-electron chi connectivity index (χ0n) is 11.0. The molecule has 0 saturated heterocycles. The lowest BCUT2D eigenvalue weighted by Crippen LogP contribution is -2.05. The van der Waals surface area contributed by atoms with Gasteiger partial charge in [0.2, 0.25) is 0 Å². The molecule has 0 aliphatic carbocycles. The van der Waals surface area contributed by atoms with E-state index in [0.717, 1.165) is 11.1 Å². The topological polar surface area (TPSA) is 38.7 Å². The number of rotatable bonds is 3. The maximum absolute atomic E-state index is 10.9. The highest BCUT2D eigenvalue weighted by Gasteiger charge is 2.08. The molecular weight excluding hydrogens is 238 g/mol. The largest absolute Gasteiger partial charge is 0.332 e. The van der Waals surface area contributed by atoms with Crippen LogP contribution in [-0.4, -0.2) is 11.7 Å². The molecule has 0 unspecified atom stereocenters. The van der Waals surface area contributed by atoms with Crippen LogP contribution in [0.1, 0.15) is 23.6 Å². The van der Waals surface area contributed by atoms with Gasteiger partial charge in [-0.05, 0) is 6.92 Å². The average Bonchev–Trinajstić information content (AvgIpc) is 2.42. The normalized spacial score (nSPS) is 11.2. The van der Waals surface area contributed by atoms with Crippen LogP contribution in [-0.2, 0) is 9.63 Å². The lowest BCUT2D eigenvalue weighted by atomic mass is 10.0. The van der Waals surface area contributed by atoms with Crippen LogP contribution < -0.4 is 0 Å². The lowest BCUT2D eigenvalue weighted by molar-refractivity contribution is -0.140. The van der Waals surface area contributed by atoms with E-state index in [1.54, 1.807) is 0 Å². The first-order valence-corrected chi connectivity index (χ1v) is 6.05. The number of hydrogen-bond acceptors (Lipinski definition) is 3. The van der Waals surface area contributed by atoms with Crippen molar-refractivity contribution in [1.29, 1.82) is 0 Å². The van der Waals surface area contributed by atoms with E-state index in [0.29, 0.717) is 5.71 Å². The summed E-state index contributed by atoms with van der Waals surface area (Å²) in [5.74, 6) is -0.430. The Morgan fingerprint density at radius 2 is 1.53 bits per heavy atom. The van der Waals surface area contributed by atoms with Crippen LogP contribution in [0, 0.1) is 6.92 Å². The van der Waals surface area contributed by atoms with Gasteiger partial charge in [0, 0.05) is 18.1 Å². The second kappa shape index (κ2) is 5.96. The maximum Gasteiger partial charge on any atom is 0.332 e. The molecule has 0 saturated carbocycles. The summed E-state index contributed by atoms with van der Waals surface area (Å²) >= 11 is 0. The van der Waals surface area contributed by atoms with Crippen LogP contribution in [0.3, 0.4) is 0 Å². The highest BCUT2D eigenvalue weighted by molar-refractivity contribution is 6.12. The highest BCUT2D eigenvalue weighted by atomic mass is 16.7. The number of hydrogen-bond donors (Lipinski definition) is 0. The zero-order valence-corrected chi connectivity index (χ0v) is 11.0. The van der Waals surface area contributed by atoms with Gasteiger partial charge in [-0.15, -0.1) is 0 Å². The summed E-state index contributed by atoms with van der Waals surface area (Å²) in [6.07, 6.45) is 0. The Labute approximate surface area is 112 Å². The van der Waals surface area contributed by atoms with Gasteiger partial charge in [0.15, 0.2) is 0 Å². The van der Waals surface area contributed by atoms with Crippen LogP contribution in [0.2, 0.25) is 0 Å². The smallest absolute Gasteiger partial charge is 0.318 e. The molecule has 3 nitrogen and oxygen atoms in total. The van der Waals surface area contributed by atoms with Gasteiger partial charge >= 0.3 is 5.97 Å². The second-order valence-corrected chi connectivity index (χ2v) is 4.25. The number of carbonyl (C=O) groups is 1. The minimum Gasteiger partial charge on any atom is -0.318 e. The van der Waals surface area contributed by atoms with Crippen LogP contribution in [0.15, 0.2) is 59.8 Å². The summed E-state index contributed by atoms with van der Waals surface area (Å²) in [6.45, 7) is 3.36. The van der Waals surface area contributed by atoms with Gasteiger partial charge in [0.25, 0.3) is 0 Å². The van der Waals surface area contributed by atoms with E-state index in [9.17, 15) is 4.79 Å². The minimum atomic E-state index is -0.430. The predicted octanol–water partition coefficient (Wildman–Crippen LogP) is 3.31. The summed E-state index contributed by atoms with van der Waals surface area (Å²) in [5.41, 5.74) is 3.64. The van der Waals surface area contributed by atoms with E-state index in [4.69, 9.17) is 4.84 Å². The molecule has 0 radical (unpaired) electrons. The second-order valence-electron chi connectivity index (χ2n) is 4.25. The zero-order chi connectivity index (χ0) is 13.7. The van der Waals surface area contributed by atoms with E-state index in [1.165, 1.54) is 12.5 Å². The van der Waals surface area contributed by atoms with Crippen LogP contribution in [0.5, 0.6) is 0 Å². The summed E-state index contributed by atoms with van der Waals surface area (Å²) in [7, 11) is 0. The van der Waals surface area contributed by atoms with Crippen molar-refractivity contribution in [3.8, 4) is 0 Å². The molecule has 0 amide bonds. The number of nitrogens with zero attached hydrogens (tertiary/aromatic N) is 1. The standard InChI is InChI=1S/C16H15NO2/c1-12-8-10-15(11-9-12)16(17-19-13(2)18)14-6-4-3-5-7-14/h3-11H,1-2H3. The monoisotopic (exact) mass is 253 g/mol. The molecular formula is C16H15NO2. The first-order valence-electron chi connectivity index (χ1n) is 6.05. The minimum absolute atomic E-state index is 0.430. The molecule has 0 aliphatic heterocycles. The Morgan fingerprint density at radius 3 is 2.11 bits per heavy atom. The predicted molar refractivity (Wildman–Crippen MR) is 75.0 cm³/mol. The van der Waals surface area contributed by atoms with E-state index in [1.807, 2.05) is 61.5 Å². The molecule has 96 valence electrons. The molecule has 2 aromatic rings. The summed E-state index contributed by atoms with van der Waals surface area (Å²) in [4.78, 5) is 15.7. The van der Waals surface area contributed by atoms with E-state index >= 15 is 0 Å². The third-order valence-corrected chi connectivity index (χ3v) is 2.64. The van der Waals surface area contributed by atoms with Crippen LogP contribution in [0.25, 0.3) is 0 Å². The molecule has 2 rings (SSSR count). The highest BCUT2D eigenvalue weighted by Crippen LogP contribution is 2.12. The number of oxime groups is 1. The first-order chi connectivity index (χ1) is 9.16. The Balaban J connectivity index is 2.43. The Kier molecular flexibility index (Phi) is 4.08. The summed E-state index contributed by atoms with van der Waals surface area (Å²) in [5, 5.41) is 3.96. The van der Waals surface area contributed by atoms with Gasteiger partial charge < -0.3 is 4.84 Å². The van der Waals surface area contributed by atoms with Crippen molar-refractivity contribution >= 4 is 11.7 Å². The van der Waals surface area contributed by atoms with Crippen molar-refractivity contribution in [3.63, 3.8) is 0 Å². The molecule has 0 atom stereocenters. The van der Waals surface area contributed by atoms with Crippen molar-refractivity contribution in [1.82, 2.24) is 0 Å². The Bertz CT molecular complexity index is 586. The molecule has 0 fully saturated rings. The van der Waals surface area contributed by atoms with Gasteiger partial charge in [-0.25, -0.2) is 4.79 Å². The van der Waals surface area contributed by atoms with E-state index in [-0.39, 0.29) is 0 Å².